The molecule has 0 aliphatic rings. The van der Waals surface area contributed by atoms with E-state index in [2.05, 4.69) is 32.6 Å². The number of benzene rings is 4. The topological polar surface area (TPSA) is 92.1 Å². The first-order valence-corrected chi connectivity index (χ1v) is 12.9. The number of hydrogen-bond acceptors (Lipinski definition) is 5. The van der Waals surface area contributed by atoms with Crippen LogP contribution in [0.4, 0.5) is 0 Å². The number of fused-ring (bicyclic) bond motifs is 3. The highest BCUT2D eigenvalue weighted by Gasteiger charge is 2.20. The molecule has 0 radical (unpaired) electrons. The zero-order valence-electron chi connectivity index (χ0n) is 20.5. The van der Waals surface area contributed by atoms with E-state index in [9.17, 15) is 9.59 Å². The zero-order chi connectivity index (χ0) is 26.4. The summed E-state index contributed by atoms with van der Waals surface area (Å²) >= 11 is 3.57. The minimum atomic E-state index is -0.594. The second kappa shape index (κ2) is 9.55. The van der Waals surface area contributed by atoms with Crippen molar-refractivity contribution in [3.8, 4) is 11.3 Å². The number of rotatable bonds is 5. The molecule has 0 aliphatic heterocycles. The van der Waals surface area contributed by atoms with Gasteiger partial charge in [-0.2, -0.15) is 0 Å². The smallest absolute Gasteiger partial charge is 0.330 e. The predicted molar refractivity (Wildman–Crippen MR) is 153 cm³/mol. The highest BCUT2D eigenvalue weighted by molar-refractivity contribution is 9.10. The average Bonchev–Trinajstić information content (AvgIpc) is 3.26. The normalized spacial score (nSPS) is 11.4. The SMILES string of the molecule is CC(=O)On1c(=O)c(-c2cn(Cc3cccc(CN)c3)c3ccc(Br)cc23)nc2cc3ccccc3cc21. The summed E-state index contributed by atoms with van der Waals surface area (Å²) in [6.07, 6.45) is 1.93. The molecule has 0 saturated carbocycles. The second-order valence-electron chi connectivity index (χ2n) is 9.19. The van der Waals surface area contributed by atoms with Crippen LogP contribution in [0.5, 0.6) is 0 Å². The lowest BCUT2D eigenvalue weighted by atomic mass is 10.1. The van der Waals surface area contributed by atoms with Gasteiger partial charge in [0.05, 0.1) is 5.52 Å². The van der Waals surface area contributed by atoms with E-state index in [0.29, 0.717) is 29.7 Å². The summed E-state index contributed by atoms with van der Waals surface area (Å²) < 4.78 is 4.02. The number of nitrogens with zero attached hydrogens (tertiary/aromatic N) is 3. The summed E-state index contributed by atoms with van der Waals surface area (Å²) in [6.45, 7) is 2.32. The summed E-state index contributed by atoms with van der Waals surface area (Å²) in [5.41, 5.74) is 10.3. The van der Waals surface area contributed by atoms with E-state index in [1.807, 2.05) is 72.9 Å². The summed E-state index contributed by atoms with van der Waals surface area (Å²) in [6, 6.07) is 25.6. The first kappa shape index (κ1) is 24.1. The van der Waals surface area contributed by atoms with E-state index in [0.717, 1.165) is 42.0 Å². The number of halogens is 1. The minimum absolute atomic E-state index is 0.201. The van der Waals surface area contributed by atoms with Crippen molar-refractivity contribution in [1.29, 1.82) is 0 Å². The minimum Gasteiger partial charge on any atom is -0.342 e. The summed E-state index contributed by atoms with van der Waals surface area (Å²) in [4.78, 5) is 36.1. The van der Waals surface area contributed by atoms with Crippen molar-refractivity contribution in [3.63, 3.8) is 0 Å². The molecule has 6 aromatic rings. The van der Waals surface area contributed by atoms with Crippen LogP contribution in [0.1, 0.15) is 18.1 Å². The van der Waals surface area contributed by atoms with Gasteiger partial charge in [-0.3, -0.25) is 4.79 Å². The number of nitrogens with two attached hydrogens (primary N) is 1. The maximum atomic E-state index is 13.8. The van der Waals surface area contributed by atoms with Crippen LogP contribution in [0, 0.1) is 0 Å². The molecule has 188 valence electrons. The number of hydrogen-bond donors (Lipinski definition) is 1. The Bertz CT molecular complexity index is 1940. The Balaban J connectivity index is 1.61. The average molecular weight is 567 g/mol. The van der Waals surface area contributed by atoms with Crippen LogP contribution < -0.4 is 16.1 Å². The Hall–Kier alpha value is -4.27. The number of carbonyl (C=O) groups is 1. The van der Waals surface area contributed by atoms with Gasteiger partial charge in [0.15, 0.2) is 0 Å². The van der Waals surface area contributed by atoms with Crippen molar-refractivity contribution < 1.29 is 9.63 Å². The predicted octanol–water partition coefficient (Wildman–Crippen LogP) is 5.42. The van der Waals surface area contributed by atoms with Gasteiger partial charge in [-0.25, -0.2) is 9.78 Å². The lowest BCUT2D eigenvalue weighted by Gasteiger charge is -2.12. The van der Waals surface area contributed by atoms with Crippen LogP contribution in [-0.2, 0) is 17.9 Å². The Labute approximate surface area is 226 Å². The molecule has 0 unspecified atom stereocenters. The molecular weight excluding hydrogens is 544 g/mol. The Kier molecular flexibility index (Phi) is 6.06. The van der Waals surface area contributed by atoms with Crippen LogP contribution in [0.3, 0.4) is 0 Å². The van der Waals surface area contributed by atoms with Gasteiger partial charge < -0.3 is 15.1 Å². The van der Waals surface area contributed by atoms with Gasteiger partial charge in [-0.15, -0.1) is 4.73 Å². The molecule has 0 saturated heterocycles. The van der Waals surface area contributed by atoms with Gasteiger partial charge in [0.25, 0.3) is 0 Å². The summed E-state index contributed by atoms with van der Waals surface area (Å²) in [5, 5.41) is 2.74. The van der Waals surface area contributed by atoms with E-state index in [1.54, 1.807) is 0 Å². The fraction of sp³-hybridized carbons (Fsp3) is 0.100. The standard InChI is InChI=1S/C30H23BrN4O3/c1-18(36)38-35-28-13-22-8-3-2-7-21(22)12-26(28)33-29(30(35)37)25-17-34(27-10-9-23(31)14-24(25)27)16-20-6-4-5-19(11-20)15-32/h2-14,17H,15-16,32H2,1H3. The third kappa shape index (κ3) is 4.27. The van der Waals surface area contributed by atoms with Crippen LogP contribution in [-0.4, -0.2) is 20.3 Å². The molecule has 0 aliphatic carbocycles. The van der Waals surface area contributed by atoms with Crippen molar-refractivity contribution in [2.45, 2.75) is 20.0 Å². The van der Waals surface area contributed by atoms with Crippen LogP contribution >= 0.6 is 15.9 Å². The molecule has 2 N–H and O–H groups in total. The van der Waals surface area contributed by atoms with Gasteiger partial charge in [0.1, 0.15) is 11.2 Å². The Morgan fingerprint density at radius 1 is 0.947 bits per heavy atom. The number of aromatic nitrogens is 3. The Morgan fingerprint density at radius 3 is 2.47 bits per heavy atom. The van der Waals surface area contributed by atoms with E-state index >= 15 is 0 Å². The molecule has 0 atom stereocenters. The molecule has 0 spiro atoms. The highest BCUT2D eigenvalue weighted by Crippen LogP contribution is 2.32. The van der Waals surface area contributed by atoms with E-state index < -0.39 is 11.5 Å². The fourth-order valence-corrected chi connectivity index (χ4v) is 5.24. The molecule has 6 rings (SSSR count). The zero-order valence-corrected chi connectivity index (χ0v) is 22.1. The molecule has 2 aromatic heterocycles. The monoisotopic (exact) mass is 566 g/mol. The van der Waals surface area contributed by atoms with Gasteiger partial charge in [-0.05, 0) is 52.2 Å². The number of carbonyl (C=O) groups excluding carboxylic acids is 1. The lowest BCUT2D eigenvalue weighted by Crippen LogP contribution is -2.31. The third-order valence-corrected chi connectivity index (χ3v) is 7.07. The lowest BCUT2D eigenvalue weighted by molar-refractivity contribution is -0.141. The molecule has 2 heterocycles. The Morgan fingerprint density at radius 2 is 1.71 bits per heavy atom. The molecule has 8 heteroatoms. The quantitative estimate of drug-likeness (QED) is 0.281. The molecule has 38 heavy (non-hydrogen) atoms. The van der Waals surface area contributed by atoms with Crippen molar-refractivity contribution in [1.82, 2.24) is 14.3 Å². The van der Waals surface area contributed by atoms with Gasteiger partial charge in [0.2, 0.25) is 0 Å². The summed E-state index contributed by atoms with van der Waals surface area (Å²) in [7, 11) is 0. The van der Waals surface area contributed by atoms with Gasteiger partial charge >= 0.3 is 11.5 Å². The van der Waals surface area contributed by atoms with Crippen molar-refractivity contribution in [2.75, 3.05) is 0 Å². The largest absolute Gasteiger partial charge is 0.342 e. The first-order chi connectivity index (χ1) is 18.4. The van der Waals surface area contributed by atoms with Crippen LogP contribution in [0.15, 0.2) is 94.3 Å². The van der Waals surface area contributed by atoms with E-state index in [4.69, 9.17) is 15.6 Å². The van der Waals surface area contributed by atoms with Gasteiger partial charge in [0, 0.05) is 47.1 Å². The van der Waals surface area contributed by atoms with E-state index in [-0.39, 0.29) is 5.69 Å². The fourth-order valence-electron chi connectivity index (χ4n) is 4.88. The molecule has 0 fully saturated rings. The van der Waals surface area contributed by atoms with E-state index in [1.165, 1.54) is 6.92 Å². The first-order valence-electron chi connectivity index (χ1n) is 12.1. The molecule has 7 nitrogen and oxygen atoms in total. The maximum absolute atomic E-state index is 13.8. The third-order valence-electron chi connectivity index (χ3n) is 6.58. The van der Waals surface area contributed by atoms with Crippen molar-refractivity contribution >= 4 is 54.6 Å². The van der Waals surface area contributed by atoms with Crippen LogP contribution in [0.25, 0.3) is 44.0 Å². The summed E-state index contributed by atoms with van der Waals surface area (Å²) in [5.74, 6) is -0.594. The van der Waals surface area contributed by atoms with Crippen molar-refractivity contribution in [3.05, 3.63) is 111 Å². The molecule has 0 amide bonds. The maximum Gasteiger partial charge on any atom is 0.330 e. The highest BCUT2D eigenvalue weighted by atomic mass is 79.9. The molecular formula is C30H23BrN4O3. The van der Waals surface area contributed by atoms with Crippen LogP contribution in [0.2, 0.25) is 0 Å². The second-order valence-corrected chi connectivity index (χ2v) is 10.1. The van der Waals surface area contributed by atoms with Crippen molar-refractivity contribution in [2.24, 2.45) is 5.73 Å². The molecule has 4 aromatic carbocycles. The van der Waals surface area contributed by atoms with Gasteiger partial charge in [-0.1, -0.05) is 64.5 Å². The molecule has 0 bridgehead atoms.